The molecule has 20 heavy (non-hydrogen) atoms. The van der Waals surface area contributed by atoms with Crippen molar-refractivity contribution >= 4 is 6.21 Å². The summed E-state index contributed by atoms with van der Waals surface area (Å²) in [6.45, 7) is 8.10. The van der Waals surface area contributed by atoms with Crippen LogP contribution in [-0.2, 0) is 0 Å². The average Bonchev–Trinajstić information content (AvgIpc) is 2.86. The molecule has 1 aliphatic rings. The molecule has 0 radical (unpaired) electrons. The highest BCUT2D eigenvalue weighted by atomic mass is 16.3. The van der Waals surface area contributed by atoms with Gasteiger partial charge in [0.2, 0.25) is 0 Å². The second-order valence-electron chi connectivity index (χ2n) is 5.92. The third-order valence-corrected chi connectivity index (χ3v) is 4.61. The number of rotatable bonds is 10. The number of nitrogens with zero attached hydrogens (tertiary/aromatic N) is 2. The molecule has 1 N–H and O–H groups in total. The molecule has 0 aromatic heterocycles. The van der Waals surface area contributed by atoms with E-state index in [1.54, 1.807) is 0 Å². The van der Waals surface area contributed by atoms with Gasteiger partial charge in [-0.05, 0) is 32.6 Å². The van der Waals surface area contributed by atoms with Gasteiger partial charge < -0.3 is 5.11 Å². The number of unbranched alkanes of at least 4 members (excludes halogenated alkanes) is 4. The second kappa shape index (κ2) is 9.30. The maximum Gasteiger partial charge on any atom is 0.189 e. The standard InChI is InChI=1S/C17H33N2O/c1-4-6-7-8-9-10-11-12-13-17-18-14-15-19(17,5-2)16(3)20/h6-7,14,16-17,20H,4-5,8-13,15H2,1-3H3/q+1/b7-6+. The topological polar surface area (TPSA) is 32.6 Å². The third kappa shape index (κ3) is 4.71. The van der Waals surface area contributed by atoms with Gasteiger partial charge in [-0.1, -0.05) is 31.9 Å². The molecule has 0 fully saturated rings. The van der Waals surface area contributed by atoms with E-state index >= 15 is 0 Å². The fourth-order valence-electron chi connectivity index (χ4n) is 3.14. The molecule has 3 nitrogen and oxygen atoms in total. The maximum absolute atomic E-state index is 10.1. The number of aliphatic imine (C=N–C) groups is 1. The number of hydrogen-bond donors (Lipinski definition) is 1. The Morgan fingerprint density at radius 3 is 2.65 bits per heavy atom. The van der Waals surface area contributed by atoms with Gasteiger partial charge in [0.1, 0.15) is 6.54 Å². The Labute approximate surface area is 125 Å². The lowest BCUT2D eigenvalue weighted by atomic mass is 10.1. The van der Waals surface area contributed by atoms with Crippen LogP contribution in [-0.4, -0.2) is 41.3 Å². The minimum absolute atomic E-state index is 0.278. The van der Waals surface area contributed by atoms with Crippen molar-refractivity contribution < 1.29 is 9.59 Å². The highest BCUT2D eigenvalue weighted by Crippen LogP contribution is 2.26. The Kier molecular flexibility index (Phi) is 8.08. The van der Waals surface area contributed by atoms with Gasteiger partial charge in [-0.3, -0.25) is 4.48 Å². The molecule has 0 saturated heterocycles. The van der Waals surface area contributed by atoms with Crippen LogP contribution >= 0.6 is 0 Å². The van der Waals surface area contributed by atoms with Crippen molar-refractivity contribution in [2.75, 3.05) is 13.1 Å². The maximum atomic E-state index is 10.1. The Hall–Kier alpha value is -0.670. The van der Waals surface area contributed by atoms with E-state index in [4.69, 9.17) is 0 Å². The minimum Gasteiger partial charge on any atom is -0.345 e. The van der Waals surface area contributed by atoms with Gasteiger partial charge in [-0.25, -0.2) is 4.99 Å². The fourth-order valence-corrected chi connectivity index (χ4v) is 3.14. The van der Waals surface area contributed by atoms with E-state index in [1.807, 2.05) is 13.1 Å². The summed E-state index contributed by atoms with van der Waals surface area (Å²) >= 11 is 0. The van der Waals surface area contributed by atoms with Gasteiger partial charge in [0.15, 0.2) is 12.4 Å². The quantitative estimate of drug-likeness (QED) is 0.368. The smallest absolute Gasteiger partial charge is 0.189 e. The summed E-state index contributed by atoms with van der Waals surface area (Å²) < 4.78 is 0.735. The van der Waals surface area contributed by atoms with Gasteiger partial charge in [0, 0.05) is 13.3 Å². The van der Waals surface area contributed by atoms with Crippen LogP contribution in [0.15, 0.2) is 17.1 Å². The molecule has 116 valence electrons. The van der Waals surface area contributed by atoms with Crippen molar-refractivity contribution in [3.8, 4) is 0 Å². The van der Waals surface area contributed by atoms with Crippen LogP contribution in [0.5, 0.6) is 0 Å². The Bertz CT molecular complexity index is 312. The number of aliphatic hydroxyl groups is 1. The van der Waals surface area contributed by atoms with Crippen LogP contribution in [0.4, 0.5) is 0 Å². The molecule has 3 heteroatoms. The predicted molar refractivity (Wildman–Crippen MR) is 86.8 cm³/mol. The van der Waals surface area contributed by atoms with Crippen molar-refractivity contribution in [2.45, 2.75) is 78.1 Å². The first kappa shape index (κ1) is 17.4. The van der Waals surface area contributed by atoms with Gasteiger partial charge in [-0.15, -0.1) is 0 Å². The normalized spacial score (nSPS) is 27.5. The molecule has 3 atom stereocenters. The molecule has 1 heterocycles. The van der Waals surface area contributed by atoms with E-state index in [-0.39, 0.29) is 12.4 Å². The van der Waals surface area contributed by atoms with Crippen molar-refractivity contribution in [1.29, 1.82) is 0 Å². The number of allylic oxidation sites excluding steroid dienone is 2. The second-order valence-corrected chi connectivity index (χ2v) is 5.92. The average molecular weight is 281 g/mol. The Balaban J connectivity index is 2.21. The Morgan fingerprint density at radius 2 is 2.00 bits per heavy atom. The van der Waals surface area contributed by atoms with Crippen LogP contribution in [0.1, 0.15) is 65.7 Å². The number of hydrogen-bond acceptors (Lipinski definition) is 2. The molecule has 1 aliphatic heterocycles. The molecule has 1 rings (SSSR count). The predicted octanol–water partition coefficient (Wildman–Crippen LogP) is 3.88. The van der Waals surface area contributed by atoms with E-state index in [0.717, 1.165) is 30.4 Å². The molecule has 0 saturated carbocycles. The van der Waals surface area contributed by atoms with Crippen LogP contribution in [0.25, 0.3) is 0 Å². The zero-order valence-corrected chi connectivity index (χ0v) is 13.6. The zero-order valence-electron chi connectivity index (χ0n) is 13.6. The van der Waals surface area contributed by atoms with Gasteiger partial charge in [0.05, 0.1) is 12.8 Å². The van der Waals surface area contributed by atoms with E-state index in [0.29, 0.717) is 0 Å². The van der Waals surface area contributed by atoms with Gasteiger partial charge in [-0.2, -0.15) is 0 Å². The highest BCUT2D eigenvalue weighted by Gasteiger charge is 2.41. The number of aliphatic hydroxyl groups excluding tert-OH is 1. The van der Waals surface area contributed by atoms with E-state index < -0.39 is 0 Å². The molecule has 0 aliphatic carbocycles. The monoisotopic (exact) mass is 281 g/mol. The largest absolute Gasteiger partial charge is 0.345 e. The van der Waals surface area contributed by atoms with Crippen LogP contribution in [0, 0.1) is 0 Å². The van der Waals surface area contributed by atoms with Crippen LogP contribution in [0.2, 0.25) is 0 Å². The fraction of sp³-hybridized carbons (Fsp3) is 0.824. The molecular weight excluding hydrogens is 248 g/mol. The van der Waals surface area contributed by atoms with Crippen LogP contribution < -0.4 is 0 Å². The van der Waals surface area contributed by atoms with E-state index in [1.165, 1.54) is 32.1 Å². The summed E-state index contributed by atoms with van der Waals surface area (Å²) in [7, 11) is 0. The lowest BCUT2D eigenvalue weighted by molar-refractivity contribution is -0.976. The summed E-state index contributed by atoms with van der Waals surface area (Å²) in [6, 6.07) is 0. The zero-order chi connectivity index (χ0) is 14.8. The van der Waals surface area contributed by atoms with Crippen molar-refractivity contribution in [3.05, 3.63) is 12.2 Å². The van der Waals surface area contributed by atoms with Gasteiger partial charge >= 0.3 is 0 Å². The minimum atomic E-state index is -0.313. The molecular formula is C17H33N2O+. The van der Waals surface area contributed by atoms with Crippen molar-refractivity contribution in [2.24, 2.45) is 4.99 Å². The first-order valence-corrected chi connectivity index (χ1v) is 8.38. The van der Waals surface area contributed by atoms with Gasteiger partial charge in [0.25, 0.3) is 0 Å². The summed E-state index contributed by atoms with van der Waals surface area (Å²) in [5, 5.41) is 10.1. The summed E-state index contributed by atoms with van der Waals surface area (Å²) in [5.41, 5.74) is 0. The first-order chi connectivity index (χ1) is 9.67. The molecule has 0 spiro atoms. The first-order valence-electron chi connectivity index (χ1n) is 8.38. The summed E-state index contributed by atoms with van der Waals surface area (Å²) in [4.78, 5) is 4.62. The molecule has 0 aromatic carbocycles. The molecule has 0 bridgehead atoms. The Morgan fingerprint density at radius 1 is 1.25 bits per heavy atom. The van der Waals surface area contributed by atoms with Crippen molar-refractivity contribution in [3.63, 3.8) is 0 Å². The van der Waals surface area contributed by atoms with E-state index in [2.05, 4.69) is 31.0 Å². The SMILES string of the molecule is CC/C=C/CCCCCCC1N=CC[N+]1(CC)C(C)O. The van der Waals surface area contributed by atoms with E-state index in [9.17, 15) is 5.11 Å². The summed E-state index contributed by atoms with van der Waals surface area (Å²) in [5.74, 6) is 0. The lowest BCUT2D eigenvalue weighted by Gasteiger charge is -2.40. The summed E-state index contributed by atoms with van der Waals surface area (Å²) in [6.07, 6.45) is 15.1. The molecule has 3 unspecified atom stereocenters. The highest BCUT2D eigenvalue weighted by molar-refractivity contribution is 5.60. The van der Waals surface area contributed by atoms with Crippen LogP contribution in [0.3, 0.4) is 0 Å². The number of quaternary nitrogens is 1. The molecule has 0 aromatic rings. The molecule has 0 amide bonds. The lowest BCUT2D eigenvalue weighted by Crippen LogP contribution is -2.57. The van der Waals surface area contributed by atoms with Crippen molar-refractivity contribution in [1.82, 2.24) is 0 Å². The third-order valence-electron chi connectivity index (χ3n) is 4.61.